The number of hydrogen-bond acceptors (Lipinski definition) is 6. The number of hydrogen-bond donors (Lipinski definition) is 3. The van der Waals surface area contributed by atoms with E-state index in [1.54, 1.807) is 32.9 Å². The Morgan fingerprint density at radius 2 is 1.75 bits per heavy atom. The van der Waals surface area contributed by atoms with Crippen LogP contribution in [0, 0.1) is 13.8 Å². The van der Waals surface area contributed by atoms with Crippen LogP contribution in [-0.2, 0) is 21.0 Å². The molecule has 0 aromatic heterocycles. The summed E-state index contributed by atoms with van der Waals surface area (Å²) in [6, 6.07) is 10.1. The van der Waals surface area contributed by atoms with Crippen LogP contribution in [0.5, 0.6) is 5.75 Å². The molecular formula is C30H32ClF3N4O5S. The molecule has 3 aromatic rings. The van der Waals surface area contributed by atoms with Crippen LogP contribution in [0.3, 0.4) is 0 Å². The van der Waals surface area contributed by atoms with E-state index in [1.165, 1.54) is 18.2 Å². The van der Waals surface area contributed by atoms with Gasteiger partial charge < -0.3 is 21.1 Å². The monoisotopic (exact) mass is 652 g/mol. The maximum atomic E-state index is 13.7. The van der Waals surface area contributed by atoms with Gasteiger partial charge in [0, 0.05) is 23.2 Å². The second-order valence-electron chi connectivity index (χ2n) is 10.7. The van der Waals surface area contributed by atoms with Gasteiger partial charge in [-0.05, 0) is 86.0 Å². The van der Waals surface area contributed by atoms with Crippen molar-refractivity contribution in [3.63, 3.8) is 0 Å². The van der Waals surface area contributed by atoms with Crippen molar-refractivity contribution >= 4 is 39.1 Å². The number of carbonyl (C=O) groups excluding carboxylic acids is 2. The Kier molecular flexibility index (Phi) is 9.81. The number of nitrogens with two attached hydrogens (primary N) is 1. The molecule has 3 aromatic carbocycles. The van der Waals surface area contributed by atoms with Crippen LogP contribution >= 0.6 is 11.6 Å². The van der Waals surface area contributed by atoms with E-state index >= 15 is 0 Å². The van der Waals surface area contributed by atoms with Crippen LogP contribution in [0.2, 0.25) is 5.02 Å². The van der Waals surface area contributed by atoms with Crippen molar-refractivity contribution in [1.29, 1.82) is 0 Å². The number of alkyl halides is 3. The zero-order chi connectivity index (χ0) is 32.4. The van der Waals surface area contributed by atoms with Crippen molar-refractivity contribution in [1.82, 2.24) is 10.6 Å². The summed E-state index contributed by atoms with van der Waals surface area (Å²) < 4.78 is 74.8. The van der Waals surface area contributed by atoms with Gasteiger partial charge in [0.25, 0.3) is 15.9 Å². The van der Waals surface area contributed by atoms with E-state index in [4.69, 9.17) is 22.1 Å². The molecule has 0 fully saturated rings. The standard InChI is InChI=1S/C30H32ClF3N4O5S/c1-17-10-18(2)12-22(11-17)44(41,42)38-8-9-43-27-7-4-20(13-26(27)38)29(40)37-25(15-28(39)36-16-19(3)35)23-14-21(30(32,33)34)5-6-24(23)31/h4-7,10-14,19,25H,8-9,15-16,35H2,1-3H3,(H,36,39)(H,37,40)/t19-,25+/m1/s1. The van der Waals surface area contributed by atoms with E-state index in [1.807, 2.05) is 6.07 Å². The lowest BCUT2D eigenvalue weighted by Crippen LogP contribution is -2.39. The molecule has 0 aliphatic carbocycles. The number of sulfonamides is 1. The molecule has 0 spiro atoms. The van der Waals surface area contributed by atoms with Gasteiger partial charge in [-0.25, -0.2) is 8.42 Å². The van der Waals surface area contributed by atoms with Crippen LogP contribution < -0.4 is 25.4 Å². The smallest absolute Gasteiger partial charge is 0.416 e. The van der Waals surface area contributed by atoms with E-state index in [9.17, 15) is 31.2 Å². The molecule has 2 amide bonds. The summed E-state index contributed by atoms with van der Waals surface area (Å²) in [6.07, 6.45) is -5.14. The van der Waals surface area contributed by atoms with Gasteiger partial charge in [-0.15, -0.1) is 0 Å². The van der Waals surface area contributed by atoms with Gasteiger partial charge in [-0.1, -0.05) is 17.7 Å². The Balaban J connectivity index is 1.69. The molecule has 0 bridgehead atoms. The van der Waals surface area contributed by atoms with E-state index in [-0.39, 0.29) is 58.2 Å². The van der Waals surface area contributed by atoms with Crippen LogP contribution in [0.15, 0.2) is 59.5 Å². The number of rotatable bonds is 9. The van der Waals surface area contributed by atoms with Gasteiger partial charge in [0.15, 0.2) is 0 Å². The van der Waals surface area contributed by atoms with Crippen molar-refractivity contribution in [2.45, 2.75) is 50.3 Å². The van der Waals surface area contributed by atoms with Gasteiger partial charge >= 0.3 is 6.18 Å². The Labute approximate surface area is 258 Å². The minimum absolute atomic E-state index is 0.0149. The number of halogens is 4. The Hall–Kier alpha value is -3.81. The molecule has 0 saturated carbocycles. The molecule has 9 nitrogen and oxygen atoms in total. The van der Waals surface area contributed by atoms with E-state index in [0.29, 0.717) is 0 Å². The molecule has 236 valence electrons. The maximum absolute atomic E-state index is 13.7. The van der Waals surface area contributed by atoms with Crippen LogP contribution in [0.1, 0.15) is 52.0 Å². The van der Waals surface area contributed by atoms with Gasteiger partial charge in [-0.2, -0.15) is 13.2 Å². The number of nitrogens with zero attached hydrogens (tertiary/aromatic N) is 1. The Morgan fingerprint density at radius 1 is 1.07 bits per heavy atom. The lowest BCUT2D eigenvalue weighted by molar-refractivity contribution is -0.137. The summed E-state index contributed by atoms with van der Waals surface area (Å²) >= 11 is 6.27. The van der Waals surface area contributed by atoms with Gasteiger partial charge in [-0.3, -0.25) is 13.9 Å². The summed E-state index contributed by atoms with van der Waals surface area (Å²) in [5.74, 6) is -1.13. The molecule has 2 atom stereocenters. The summed E-state index contributed by atoms with van der Waals surface area (Å²) in [4.78, 5) is 26.3. The minimum Gasteiger partial charge on any atom is -0.489 e. The first-order chi connectivity index (χ1) is 20.6. The normalized spacial score (nSPS) is 14.7. The minimum atomic E-state index is -4.70. The van der Waals surface area contributed by atoms with Crippen molar-refractivity contribution in [3.8, 4) is 5.75 Å². The van der Waals surface area contributed by atoms with Crippen molar-refractivity contribution in [2.24, 2.45) is 5.73 Å². The molecule has 0 saturated heterocycles. The molecule has 1 aliphatic heterocycles. The molecule has 0 unspecified atom stereocenters. The third-order valence-corrected chi connectivity index (χ3v) is 8.97. The molecular weight excluding hydrogens is 621 g/mol. The first-order valence-electron chi connectivity index (χ1n) is 13.6. The molecule has 1 aliphatic rings. The van der Waals surface area contributed by atoms with Crippen LogP contribution in [0.4, 0.5) is 18.9 Å². The third kappa shape index (κ3) is 7.63. The van der Waals surface area contributed by atoms with Crippen molar-refractivity contribution in [2.75, 3.05) is 24.0 Å². The van der Waals surface area contributed by atoms with Crippen LogP contribution in [0.25, 0.3) is 0 Å². The highest BCUT2D eigenvalue weighted by molar-refractivity contribution is 7.92. The van der Waals surface area contributed by atoms with E-state index in [0.717, 1.165) is 33.6 Å². The SMILES string of the molecule is Cc1cc(C)cc(S(=O)(=O)N2CCOc3ccc(C(=O)N[C@@H](CC(=O)NC[C@@H](C)N)c4cc(C(F)(F)F)ccc4Cl)cc32)c1. The Bertz CT molecular complexity index is 1660. The average molecular weight is 653 g/mol. The van der Waals surface area contributed by atoms with Gasteiger partial charge in [0.2, 0.25) is 5.91 Å². The lowest BCUT2D eigenvalue weighted by Gasteiger charge is -2.31. The zero-order valence-corrected chi connectivity index (χ0v) is 25.7. The highest BCUT2D eigenvalue weighted by atomic mass is 35.5. The zero-order valence-electron chi connectivity index (χ0n) is 24.2. The predicted octanol–water partition coefficient (Wildman–Crippen LogP) is 4.89. The fraction of sp³-hybridized carbons (Fsp3) is 0.333. The summed E-state index contributed by atoms with van der Waals surface area (Å²) in [7, 11) is -4.05. The Morgan fingerprint density at radius 3 is 2.39 bits per heavy atom. The molecule has 44 heavy (non-hydrogen) atoms. The van der Waals surface area contributed by atoms with Gasteiger partial charge in [0.1, 0.15) is 12.4 Å². The second-order valence-corrected chi connectivity index (χ2v) is 12.9. The number of ether oxygens (including phenoxy) is 1. The molecule has 14 heteroatoms. The van der Waals surface area contributed by atoms with Crippen LogP contribution in [-0.4, -0.2) is 46.0 Å². The second kappa shape index (κ2) is 13.0. The maximum Gasteiger partial charge on any atom is 0.416 e. The molecule has 4 rings (SSSR count). The third-order valence-electron chi connectivity index (χ3n) is 6.84. The number of carbonyl (C=O) groups is 2. The fourth-order valence-corrected chi connectivity index (χ4v) is 6.68. The lowest BCUT2D eigenvalue weighted by atomic mass is 9.99. The average Bonchev–Trinajstić information content (AvgIpc) is 2.94. The van der Waals surface area contributed by atoms with Crippen molar-refractivity contribution < 1.29 is 35.9 Å². The summed E-state index contributed by atoms with van der Waals surface area (Å²) in [5, 5.41) is 5.09. The van der Waals surface area contributed by atoms with E-state index in [2.05, 4.69) is 10.6 Å². The topological polar surface area (TPSA) is 131 Å². The number of nitrogens with one attached hydrogen (secondary N) is 2. The number of fused-ring (bicyclic) bond motifs is 1. The first-order valence-corrected chi connectivity index (χ1v) is 15.5. The molecule has 1 heterocycles. The molecule has 4 N–H and O–H groups in total. The predicted molar refractivity (Wildman–Crippen MR) is 160 cm³/mol. The number of aryl methyl sites for hydroxylation is 2. The van der Waals surface area contributed by atoms with E-state index < -0.39 is 46.0 Å². The first kappa shape index (κ1) is 33.1. The quantitative estimate of drug-likeness (QED) is 0.302. The van der Waals surface area contributed by atoms with Gasteiger partial charge in [0.05, 0.1) is 35.2 Å². The summed E-state index contributed by atoms with van der Waals surface area (Å²) in [6.45, 7) is 5.39. The number of benzene rings is 3. The summed E-state index contributed by atoms with van der Waals surface area (Å²) in [5.41, 5.74) is 6.18. The highest BCUT2D eigenvalue weighted by Gasteiger charge is 2.34. The highest BCUT2D eigenvalue weighted by Crippen LogP contribution is 2.38. The largest absolute Gasteiger partial charge is 0.489 e. The fourth-order valence-electron chi connectivity index (χ4n) is 4.79. The van der Waals surface area contributed by atoms with Crippen molar-refractivity contribution in [3.05, 3.63) is 87.4 Å². The number of anilines is 1. The molecule has 0 radical (unpaired) electrons. The number of amides is 2.